The van der Waals surface area contributed by atoms with E-state index in [1.807, 2.05) is 0 Å². The Bertz CT molecular complexity index is 882. The Balaban J connectivity index is 2.44. The van der Waals surface area contributed by atoms with Crippen molar-refractivity contribution in [2.45, 2.75) is 30.5 Å². The lowest BCUT2D eigenvalue weighted by Gasteiger charge is -2.28. The number of fused-ring (bicyclic) bond motifs is 1. The minimum absolute atomic E-state index is 0.0105. The van der Waals surface area contributed by atoms with Gasteiger partial charge in [-0.15, -0.1) is 0 Å². The van der Waals surface area contributed by atoms with Gasteiger partial charge in [0.25, 0.3) is 0 Å². The number of Topliss-reactive ketones (excluding diaryl/α,β-unsaturated/α-hetero) is 1. The van der Waals surface area contributed by atoms with E-state index in [1.165, 1.54) is 11.4 Å². The third kappa shape index (κ3) is 5.16. The molecule has 1 aromatic rings. The largest absolute Gasteiger partial charge is 0.475 e. The highest BCUT2D eigenvalue weighted by atomic mass is 32.2. The summed E-state index contributed by atoms with van der Waals surface area (Å²) in [5, 5.41) is 8.98. The second-order valence-electron chi connectivity index (χ2n) is 6.26. The van der Waals surface area contributed by atoms with Crippen LogP contribution in [0.2, 0.25) is 0 Å². The zero-order valence-electron chi connectivity index (χ0n) is 15.9. The van der Waals surface area contributed by atoms with E-state index in [4.69, 9.17) is 14.6 Å². The molecular weight excluding hydrogens is 415 g/mol. The number of hydrogen-bond acceptors (Lipinski definition) is 6. The van der Waals surface area contributed by atoms with Crippen molar-refractivity contribution in [2.24, 2.45) is 0 Å². The molecule has 29 heavy (non-hydrogen) atoms. The van der Waals surface area contributed by atoms with Crippen molar-refractivity contribution < 1.29 is 41.0 Å². The summed E-state index contributed by atoms with van der Waals surface area (Å²) in [5.74, 6) is -1.36. The molecule has 1 N–H and O–H groups in total. The van der Waals surface area contributed by atoms with E-state index in [0.29, 0.717) is 13.0 Å². The van der Waals surface area contributed by atoms with Gasteiger partial charge in [-0.2, -0.15) is 17.5 Å². The first-order valence-corrected chi connectivity index (χ1v) is 10.2. The lowest BCUT2D eigenvalue weighted by molar-refractivity contribution is -0.185. The van der Waals surface area contributed by atoms with Crippen molar-refractivity contribution >= 4 is 21.9 Å². The third-order valence-electron chi connectivity index (χ3n) is 4.33. The van der Waals surface area contributed by atoms with Crippen LogP contribution >= 0.6 is 0 Å². The first kappa shape index (κ1) is 23.3. The summed E-state index contributed by atoms with van der Waals surface area (Å²) in [4.78, 5) is 11.6. The Hall–Kier alpha value is -1.95. The Morgan fingerprint density at radius 3 is 2.59 bits per heavy atom. The molecule has 7 nitrogen and oxygen atoms in total. The van der Waals surface area contributed by atoms with Crippen LogP contribution in [-0.4, -0.2) is 69.3 Å². The molecule has 1 atom stereocenters. The molecule has 2 rings (SSSR count). The molecule has 1 heterocycles. The summed E-state index contributed by atoms with van der Waals surface area (Å²) >= 11 is 0. The van der Waals surface area contributed by atoms with Gasteiger partial charge in [0.1, 0.15) is 12.4 Å². The van der Waals surface area contributed by atoms with Gasteiger partial charge in [-0.3, -0.25) is 4.79 Å². The zero-order valence-corrected chi connectivity index (χ0v) is 16.7. The van der Waals surface area contributed by atoms with Gasteiger partial charge in [0, 0.05) is 37.9 Å². The van der Waals surface area contributed by atoms with Gasteiger partial charge in [0.05, 0.1) is 4.90 Å². The van der Waals surface area contributed by atoms with Crippen molar-refractivity contribution in [1.29, 1.82) is 0 Å². The number of nitrogens with zero attached hydrogens (tertiary/aromatic N) is 1. The minimum atomic E-state index is -4.88. The summed E-state index contributed by atoms with van der Waals surface area (Å²) in [6.45, 7) is 1.31. The van der Waals surface area contributed by atoms with Gasteiger partial charge in [0.15, 0.2) is 5.78 Å². The van der Waals surface area contributed by atoms with E-state index in [9.17, 15) is 26.4 Å². The van der Waals surface area contributed by atoms with Crippen molar-refractivity contribution in [3.8, 4) is 5.75 Å². The number of sulfonamides is 1. The maximum Gasteiger partial charge on any atom is 0.429 e. The van der Waals surface area contributed by atoms with E-state index in [0.717, 1.165) is 24.3 Å². The number of benzene rings is 1. The van der Waals surface area contributed by atoms with Crippen LogP contribution in [0.4, 0.5) is 13.2 Å². The molecule has 162 valence electrons. The van der Waals surface area contributed by atoms with E-state index in [-0.39, 0.29) is 29.3 Å². The zero-order chi connectivity index (χ0) is 21.8. The molecule has 0 spiro atoms. The summed E-state index contributed by atoms with van der Waals surface area (Å²) in [6.07, 6.45) is -6.02. The molecule has 0 saturated heterocycles. The number of aliphatic hydroxyl groups excluding tert-OH is 1. The fourth-order valence-corrected chi connectivity index (χ4v) is 4.41. The van der Waals surface area contributed by atoms with Crippen molar-refractivity contribution in [3.63, 3.8) is 0 Å². The van der Waals surface area contributed by atoms with Gasteiger partial charge in [-0.05, 0) is 30.7 Å². The van der Waals surface area contributed by atoms with Crippen molar-refractivity contribution in [3.05, 3.63) is 29.3 Å². The van der Waals surface area contributed by atoms with Gasteiger partial charge >= 0.3 is 6.18 Å². The predicted octanol–water partition coefficient (Wildman–Crippen LogP) is 2.00. The van der Waals surface area contributed by atoms with Crippen LogP contribution in [0.15, 0.2) is 28.7 Å². The van der Waals surface area contributed by atoms with Gasteiger partial charge in [-0.1, -0.05) is 6.92 Å². The molecule has 0 amide bonds. The Labute approximate surface area is 166 Å². The first-order valence-electron chi connectivity index (χ1n) is 8.78. The highest BCUT2D eigenvalue weighted by Crippen LogP contribution is 2.38. The summed E-state index contributed by atoms with van der Waals surface area (Å²) in [6, 6.07) is 3.44. The van der Waals surface area contributed by atoms with E-state index in [2.05, 4.69) is 0 Å². The number of carbonyl (C=O) groups is 1. The second-order valence-corrected chi connectivity index (χ2v) is 8.20. The number of aliphatic hydroxyl groups is 1. The van der Waals surface area contributed by atoms with E-state index in [1.54, 1.807) is 6.92 Å². The molecule has 0 saturated carbocycles. The van der Waals surface area contributed by atoms with Crippen LogP contribution in [0.5, 0.6) is 5.75 Å². The molecule has 0 radical (unpaired) electrons. The molecule has 11 heteroatoms. The van der Waals surface area contributed by atoms with Gasteiger partial charge in [-0.25, -0.2) is 8.42 Å². The van der Waals surface area contributed by atoms with Crippen molar-refractivity contribution in [1.82, 2.24) is 4.31 Å². The molecule has 0 aromatic heterocycles. The molecule has 0 aliphatic carbocycles. The molecule has 1 unspecified atom stereocenters. The Morgan fingerprint density at radius 2 is 2.03 bits per heavy atom. The topological polar surface area (TPSA) is 93.1 Å². The molecule has 1 aliphatic heterocycles. The highest BCUT2D eigenvalue weighted by molar-refractivity contribution is 7.89. The maximum absolute atomic E-state index is 13.2. The summed E-state index contributed by atoms with van der Waals surface area (Å²) in [7, 11) is -2.41. The van der Waals surface area contributed by atoms with Crippen LogP contribution in [0.1, 0.15) is 18.9 Å². The highest BCUT2D eigenvalue weighted by Gasteiger charge is 2.48. The summed E-state index contributed by atoms with van der Waals surface area (Å²) in [5.41, 5.74) is -0.772. The number of methoxy groups -OCH3 is 1. The third-order valence-corrected chi connectivity index (χ3v) is 6.30. The monoisotopic (exact) mass is 437 g/mol. The second kappa shape index (κ2) is 9.24. The van der Waals surface area contributed by atoms with Crippen LogP contribution in [0.3, 0.4) is 0 Å². The number of alkyl halides is 3. The van der Waals surface area contributed by atoms with Gasteiger partial charge < -0.3 is 14.6 Å². The maximum atomic E-state index is 13.2. The number of ether oxygens (including phenoxy) is 2. The van der Waals surface area contributed by atoms with Crippen LogP contribution < -0.4 is 4.74 Å². The normalized spacial score (nSPS) is 16.9. The van der Waals surface area contributed by atoms with Crippen LogP contribution in [0.25, 0.3) is 6.08 Å². The quantitative estimate of drug-likeness (QED) is 0.594. The average molecular weight is 437 g/mol. The fraction of sp³-hybridized carbons (Fsp3) is 0.500. The molecule has 1 aromatic carbocycles. The number of halogens is 3. The number of rotatable bonds is 9. The van der Waals surface area contributed by atoms with E-state index >= 15 is 0 Å². The average Bonchev–Trinajstić information content (AvgIpc) is 2.68. The Kier molecular flexibility index (Phi) is 7.44. The molecular formula is C18H22F3NO6S. The molecule has 1 aliphatic rings. The predicted molar refractivity (Wildman–Crippen MR) is 97.9 cm³/mol. The molecule has 0 fully saturated rings. The van der Waals surface area contributed by atoms with Gasteiger partial charge in [0.2, 0.25) is 16.1 Å². The summed E-state index contributed by atoms with van der Waals surface area (Å²) < 4.78 is 76.5. The standard InChI is InChI=1S/C18H22F3NO6S/c1-3-22(7-4-8-27-2)29(25,26)13-5-6-16-12(9-13)10-14(15(24)11-23)17(28-16)18(19,20)21/h5-6,9-10,17,23H,3-4,7-8,11H2,1-2H3. The van der Waals surface area contributed by atoms with Crippen molar-refractivity contribution in [2.75, 3.05) is 33.4 Å². The van der Waals surface area contributed by atoms with Crippen LogP contribution in [0, 0.1) is 0 Å². The Morgan fingerprint density at radius 1 is 1.34 bits per heavy atom. The minimum Gasteiger partial charge on any atom is -0.475 e. The lowest BCUT2D eigenvalue weighted by atomic mass is 9.98. The van der Waals surface area contributed by atoms with E-state index < -0.39 is 40.3 Å². The number of hydrogen-bond donors (Lipinski definition) is 1. The SMILES string of the molecule is CCN(CCCOC)S(=O)(=O)c1ccc2c(c1)C=C(C(=O)CO)C(C(F)(F)F)O2. The smallest absolute Gasteiger partial charge is 0.429 e. The van der Waals surface area contributed by atoms with Crippen LogP contribution in [-0.2, 0) is 19.6 Å². The first-order chi connectivity index (χ1) is 13.6. The molecule has 0 bridgehead atoms. The lowest BCUT2D eigenvalue weighted by Crippen LogP contribution is -2.41. The number of carbonyl (C=O) groups excluding carboxylic acids is 1. The number of ketones is 1. The fourth-order valence-electron chi connectivity index (χ4n) is 2.88.